The summed E-state index contributed by atoms with van der Waals surface area (Å²) < 4.78 is 11.4. The normalized spacial score (nSPS) is 17.2. The maximum atomic E-state index is 12.8. The molecule has 0 unspecified atom stereocenters. The molecule has 0 atom stereocenters. The van der Waals surface area contributed by atoms with Crippen LogP contribution in [0, 0.1) is 6.92 Å². The minimum Gasteiger partial charge on any atom is -0.496 e. The zero-order valence-corrected chi connectivity index (χ0v) is 19.3. The van der Waals surface area contributed by atoms with E-state index in [1.165, 1.54) is 16.8 Å². The predicted molar refractivity (Wildman–Crippen MR) is 129 cm³/mol. The van der Waals surface area contributed by atoms with Gasteiger partial charge in [-0.2, -0.15) is 0 Å². The number of aryl methyl sites for hydroxylation is 1. The first-order valence-electron chi connectivity index (χ1n) is 11.3. The molecule has 6 nitrogen and oxygen atoms in total. The maximum Gasteiger partial charge on any atom is 0.260 e. The largest absolute Gasteiger partial charge is 0.496 e. The Hall–Kier alpha value is -2.99. The maximum absolute atomic E-state index is 12.8. The molecule has 32 heavy (non-hydrogen) atoms. The van der Waals surface area contributed by atoms with Crippen LogP contribution >= 0.6 is 0 Å². The highest BCUT2D eigenvalue weighted by Crippen LogP contribution is 2.30. The lowest BCUT2D eigenvalue weighted by molar-refractivity contribution is -0.132. The summed E-state index contributed by atoms with van der Waals surface area (Å²) in [6.45, 7) is 7.60. The van der Waals surface area contributed by atoms with Crippen LogP contribution in [-0.4, -0.2) is 75.7 Å². The molecule has 4 rings (SSSR count). The lowest BCUT2D eigenvalue weighted by Crippen LogP contribution is -2.44. The van der Waals surface area contributed by atoms with E-state index in [0.717, 1.165) is 49.7 Å². The van der Waals surface area contributed by atoms with Crippen molar-refractivity contribution in [1.82, 2.24) is 9.80 Å². The fourth-order valence-corrected chi connectivity index (χ4v) is 4.35. The van der Waals surface area contributed by atoms with E-state index in [1.807, 2.05) is 29.2 Å². The van der Waals surface area contributed by atoms with Gasteiger partial charge in [-0.05, 0) is 43.7 Å². The molecule has 2 aliphatic heterocycles. The molecule has 0 saturated carbocycles. The smallest absolute Gasteiger partial charge is 0.260 e. The average molecular weight is 436 g/mol. The fourth-order valence-electron chi connectivity index (χ4n) is 4.35. The monoisotopic (exact) mass is 435 g/mol. The van der Waals surface area contributed by atoms with Gasteiger partial charge in [-0.3, -0.25) is 4.79 Å². The summed E-state index contributed by atoms with van der Waals surface area (Å²) in [5.41, 5.74) is 4.76. The number of likely N-dealkylation sites (N-methyl/N-ethyl adjacent to an activating group) is 1. The zero-order chi connectivity index (χ0) is 22.5. The molecule has 1 fully saturated rings. The number of hydrogen-bond acceptors (Lipinski definition) is 5. The number of para-hydroxylation sites is 1. The number of amides is 1. The molecular weight excluding hydrogens is 402 g/mol. The molecule has 0 spiro atoms. The van der Waals surface area contributed by atoms with E-state index in [-0.39, 0.29) is 12.5 Å². The third-order valence-electron chi connectivity index (χ3n) is 6.40. The van der Waals surface area contributed by atoms with Gasteiger partial charge in [-0.15, -0.1) is 0 Å². The van der Waals surface area contributed by atoms with Crippen molar-refractivity contribution in [1.29, 1.82) is 0 Å². The van der Waals surface area contributed by atoms with Crippen LogP contribution in [0.2, 0.25) is 0 Å². The van der Waals surface area contributed by atoms with E-state index in [4.69, 9.17) is 9.47 Å². The summed E-state index contributed by atoms with van der Waals surface area (Å²) in [7, 11) is 3.85. The Kier molecular flexibility index (Phi) is 7.00. The van der Waals surface area contributed by atoms with Gasteiger partial charge in [0.1, 0.15) is 11.5 Å². The SMILES string of the molecule is COc1ccccc1C1=CCN(C(=O)COc2ccc(C)c(N3CCN(C)CC3)c2)CC1. The standard InChI is InChI=1S/C26H33N3O3/c1-20-8-9-22(18-24(20)28-16-14-27(2)15-17-28)32-19-26(30)29-12-10-21(11-13-29)23-6-4-5-7-25(23)31-3/h4-10,18H,11-17,19H2,1-3H3. The van der Waals surface area contributed by atoms with E-state index in [9.17, 15) is 4.79 Å². The van der Waals surface area contributed by atoms with Crippen molar-refractivity contribution in [2.45, 2.75) is 13.3 Å². The third-order valence-corrected chi connectivity index (χ3v) is 6.40. The Morgan fingerprint density at radius 2 is 1.81 bits per heavy atom. The van der Waals surface area contributed by atoms with Crippen LogP contribution in [0.25, 0.3) is 5.57 Å². The number of ether oxygens (including phenoxy) is 2. The van der Waals surface area contributed by atoms with E-state index >= 15 is 0 Å². The summed E-state index contributed by atoms with van der Waals surface area (Å²) in [6, 6.07) is 14.1. The molecule has 0 aliphatic carbocycles. The second-order valence-electron chi connectivity index (χ2n) is 8.55. The van der Waals surface area contributed by atoms with Crippen LogP contribution in [0.3, 0.4) is 0 Å². The van der Waals surface area contributed by atoms with E-state index in [2.05, 4.69) is 48.0 Å². The fraction of sp³-hybridized carbons (Fsp3) is 0.423. The van der Waals surface area contributed by atoms with Gasteiger partial charge in [0, 0.05) is 56.6 Å². The van der Waals surface area contributed by atoms with Gasteiger partial charge in [-0.1, -0.05) is 30.3 Å². The highest BCUT2D eigenvalue weighted by molar-refractivity contribution is 5.80. The summed E-state index contributed by atoms with van der Waals surface area (Å²) in [6.07, 6.45) is 2.93. The van der Waals surface area contributed by atoms with Crippen molar-refractivity contribution in [2.75, 3.05) is 64.9 Å². The molecule has 0 radical (unpaired) electrons. The Morgan fingerprint density at radius 3 is 2.53 bits per heavy atom. The van der Waals surface area contributed by atoms with Crippen LogP contribution in [0.15, 0.2) is 48.5 Å². The molecule has 1 saturated heterocycles. The molecule has 2 aromatic carbocycles. The highest BCUT2D eigenvalue weighted by Gasteiger charge is 2.21. The Labute approximate surface area is 191 Å². The number of hydrogen-bond donors (Lipinski definition) is 0. The zero-order valence-electron chi connectivity index (χ0n) is 19.3. The molecule has 2 aliphatic rings. The average Bonchev–Trinajstić information content (AvgIpc) is 2.84. The predicted octanol–water partition coefficient (Wildman–Crippen LogP) is 3.45. The van der Waals surface area contributed by atoms with Crippen LogP contribution < -0.4 is 14.4 Å². The van der Waals surface area contributed by atoms with Crippen LogP contribution in [0.1, 0.15) is 17.5 Å². The van der Waals surface area contributed by atoms with E-state index < -0.39 is 0 Å². The van der Waals surface area contributed by atoms with Crippen molar-refractivity contribution >= 4 is 17.2 Å². The number of nitrogens with zero attached hydrogens (tertiary/aromatic N) is 3. The summed E-state index contributed by atoms with van der Waals surface area (Å²) in [5, 5.41) is 0. The van der Waals surface area contributed by atoms with Gasteiger partial charge >= 0.3 is 0 Å². The molecule has 0 aromatic heterocycles. The molecular formula is C26H33N3O3. The van der Waals surface area contributed by atoms with Gasteiger partial charge in [0.05, 0.1) is 7.11 Å². The number of benzene rings is 2. The number of anilines is 1. The highest BCUT2D eigenvalue weighted by atomic mass is 16.5. The van der Waals surface area contributed by atoms with Crippen LogP contribution in [0.5, 0.6) is 11.5 Å². The van der Waals surface area contributed by atoms with Gasteiger partial charge in [0.25, 0.3) is 5.91 Å². The summed E-state index contributed by atoms with van der Waals surface area (Å²) >= 11 is 0. The molecule has 0 bridgehead atoms. The molecule has 1 amide bonds. The van der Waals surface area contributed by atoms with Crippen molar-refractivity contribution in [3.63, 3.8) is 0 Å². The Balaban J connectivity index is 1.34. The van der Waals surface area contributed by atoms with E-state index in [0.29, 0.717) is 13.1 Å². The topological polar surface area (TPSA) is 45.2 Å². The Bertz CT molecular complexity index is 980. The van der Waals surface area contributed by atoms with Crippen LogP contribution in [0.4, 0.5) is 5.69 Å². The van der Waals surface area contributed by atoms with Gasteiger partial charge in [0.15, 0.2) is 6.61 Å². The summed E-state index contributed by atoms with van der Waals surface area (Å²) in [4.78, 5) is 19.4. The second kappa shape index (κ2) is 10.1. The second-order valence-corrected chi connectivity index (χ2v) is 8.55. The van der Waals surface area contributed by atoms with Crippen molar-refractivity contribution in [2.24, 2.45) is 0 Å². The lowest BCUT2D eigenvalue weighted by atomic mass is 9.98. The number of carbonyl (C=O) groups is 1. The molecule has 2 heterocycles. The summed E-state index contributed by atoms with van der Waals surface area (Å²) in [5.74, 6) is 1.64. The molecule has 0 N–H and O–H groups in total. The first kappa shape index (κ1) is 22.2. The van der Waals surface area contributed by atoms with Gasteiger partial charge in [-0.25, -0.2) is 0 Å². The third kappa shape index (κ3) is 5.07. The molecule has 6 heteroatoms. The minimum absolute atomic E-state index is 0.0158. The minimum atomic E-state index is 0.0158. The van der Waals surface area contributed by atoms with Crippen molar-refractivity contribution in [3.8, 4) is 11.5 Å². The van der Waals surface area contributed by atoms with E-state index in [1.54, 1.807) is 7.11 Å². The van der Waals surface area contributed by atoms with Crippen molar-refractivity contribution < 1.29 is 14.3 Å². The first-order valence-corrected chi connectivity index (χ1v) is 11.3. The molecule has 170 valence electrons. The number of piperazine rings is 1. The first-order chi connectivity index (χ1) is 15.5. The Morgan fingerprint density at radius 1 is 1.03 bits per heavy atom. The van der Waals surface area contributed by atoms with Crippen LogP contribution in [-0.2, 0) is 4.79 Å². The number of rotatable bonds is 6. The lowest BCUT2D eigenvalue weighted by Gasteiger charge is -2.35. The van der Waals surface area contributed by atoms with Gasteiger partial charge < -0.3 is 24.2 Å². The van der Waals surface area contributed by atoms with Crippen molar-refractivity contribution in [3.05, 3.63) is 59.7 Å². The quantitative estimate of drug-likeness (QED) is 0.696. The molecule has 2 aromatic rings. The number of methoxy groups -OCH3 is 1. The van der Waals surface area contributed by atoms with Gasteiger partial charge in [0.2, 0.25) is 0 Å². The number of carbonyl (C=O) groups excluding carboxylic acids is 1.